The Morgan fingerprint density at radius 3 is 2.80 bits per heavy atom. The zero-order valence-electron chi connectivity index (χ0n) is 13.8. The average Bonchev–Trinajstić information content (AvgIpc) is 3.08. The van der Waals surface area contributed by atoms with Crippen LogP contribution < -0.4 is 10.1 Å². The van der Waals surface area contributed by atoms with Crippen molar-refractivity contribution in [1.29, 1.82) is 0 Å². The second-order valence-corrected chi connectivity index (χ2v) is 5.96. The second-order valence-electron chi connectivity index (χ2n) is 5.53. The number of benzene rings is 2. The number of nitrogens with one attached hydrogen (secondary N) is 1. The Morgan fingerprint density at radius 1 is 1.24 bits per heavy atom. The monoisotopic (exact) mass is 355 g/mol. The van der Waals surface area contributed by atoms with Gasteiger partial charge < -0.3 is 10.1 Å². The molecule has 0 spiro atoms. The molecule has 3 aromatic rings. The number of aromatic nitrogens is 2. The summed E-state index contributed by atoms with van der Waals surface area (Å²) in [5.74, 6) is 0.181. The van der Waals surface area contributed by atoms with Crippen molar-refractivity contribution in [3.8, 4) is 5.75 Å². The maximum Gasteiger partial charge on any atom is 0.259 e. The Bertz CT molecular complexity index is 862. The van der Waals surface area contributed by atoms with E-state index in [0.29, 0.717) is 22.0 Å². The molecule has 1 N–H and O–H groups in total. The van der Waals surface area contributed by atoms with Crippen molar-refractivity contribution < 1.29 is 9.53 Å². The highest BCUT2D eigenvalue weighted by Gasteiger charge is 2.14. The molecule has 0 saturated heterocycles. The minimum Gasteiger partial charge on any atom is -0.496 e. The molecule has 1 amide bonds. The lowest BCUT2D eigenvalue weighted by Gasteiger charge is -2.08. The lowest BCUT2D eigenvalue weighted by Crippen LogP contribution is -2.13. The molecule has 0 fully saturated rings. The van der Waals surface area contributed by atoms with E-state index in [9.17, 15) is 4.79 Å². The van der Waals surface area contributed by atoms with Crippen LogP contribution in [0.1, 0.15) is 15.9 Å². The van der Waals surface area contributed by atoms with Gasteiger partial charge in [0.15, 0.2) is 0 Å². The molecule has 0 atom stereocenters. The van der Waals surface area contributed by atoms with Crippen LogP contribution in [0.4, 0.5) is 5.69 Å². The molecular formula is C19H18ClN3O2. The van der Waals surface area contributed by atoms with E-state index >= 15 is 0 Å². The van der Waals surface area contributed by atoms with Crippen molar-refractivity contribution >= 4 is 23.2 Å². The van der Waals surface area contributed by atoms with E-state index < -0.39 is 0 Å². The first-order valence-corrected chi connectivity index (χ1v) is 8.25. The van der Waals surface area contributed by atoms with Crippen LogP contribution in [0.3, 0.4) is 0 Å². The third kappa shape index (κ3) is 4.39. The molecule has 0 aliphatic rings. The number of amides is 1. The number of hydrogen-bond donors (Lipinski definition) is 1. The van der Waals surface area contributed by atoms with Crippen LogP contribution in [0.15, 0.2) is 60.9 Å². The average molecular weight is 356 g/mol. The van der Waals surface area contributed by atoms with Gasteiger partial charge in [0.25, 0.3) is 5.91 Å². The van der Waals surface area contributed by atoms with Crippen molar-refractivity contribution in [2.24, 2.45) is 0 Å². The van der Waals surface area contributed by atoms with Crippen LogP contribution >= 0.6 is 11.6 Å². The maximum atomic E-state index is 12.4. The first kappa shape index (κ1) is 17.0. The minimum absolute atomic E-state index is 0.290. The van der Waals surface area contributed by atoms with Gasteiger partial charge in [-0.3, -0.25) is 9.48 Å². The molecule has 1 aromatic heterocycles. The van der Waals surface area contributed by atoms with E-state index in [1.165, 1.54) is 12.7 Å². The van der Waals surface area contributed by atoms with Gasteiger partial charge in [0.2, 0.25) is 0 Å². The van der Waals surface area contributed by atoms with E-state index in [2.05, 4.69) is 22.5 Å². The topological polar surface area (TPSA) is 56.1 Å². The molecule has 0 bridgehead atoms. The Morgan fingerprint density at radius 2 is 2.04 bits per heavy atom. The maximum absolute atomic E-state index is 12.4. The van der Waals surface area contributed by atoms with Gasteiger partial charge in [-0.05, 0) is 30.2 Å². The number of methoxy groups -OCH3 is 1. The molecule has 0 unspecified atom stereocenters. The van der Waals surface area contributed by atoms with Crippen LogP contribution in [0.2, 0.25) is 5.02 Å². The largest absolute Gasteiger partial charge is 0.496 e. The zero-order chi connectivity index (χ0) is 17.6. The lowest BCUT2D eigenvalue weighted by molar-refractivity contribution is 0.102. The van der Waals surface area contributed by atoms with Gasteiger partial charge in [0.05, 0.1) is 24.6 Å². The van der Waals surface area contributed by atoms with Crippen LogP contribution in [0, 0.1) is 0 Å². The molecular weight excluding hydrogens is 338 g/mol. The minimum atomic E-state index is -0.290. The molecule has 2 aromatic carbocycles. The first-order chi connectivity index (χ1) is 12.2. The van der Waals surface area contributed by atoms with E-state index in [1.807, 2.05) is 18.2 Å². The summed E-state index contributed by atoms with van der Waals surface area (Å²) in [5, 5.41) is 7.58. The number of carbonyl (C=O) groups is 1. The van der Waals surface area contributed by atoms with Gasteiger partial charge in [-0.25, -0.2) is 0 Å². The number of nitrogens with zero attached hydrogens (tertiary/aromatic N) is 2. The lowest BCUT2D eigenvalue weighted by atomic mass is 10.1. The summed E-state index contributed by atoms with van der Waals surface area (Å²) in [7, 11) is 1.52. The molecule has 128 valence electrons. The van der Waals surface area contributed by atoms with Gasteiger partial charge in [-0.15, -0.1) is 0 Å². The highest BCUT2D eigenvalue weighted by molar-refractivity contribution is 6.31. The predicted molar refractivity (Wildman–Crippen MR) is 98.3 cm³/mol. The number of anilines is 1. The van der Waals surface area contributed by atoms with Crippen LogP contribution in [-0.2, 0) is 13.0 Å². The molecule has 0 aliphatic carbocycles. The van der Waals surface area contributed by atoms with Crippen molar-refractivity contribution in [1.82, 2.24) is 9.78 Å². The summed E-state index contributed by atoms with van der Waals surface area (Å²) >= 11 is 5.97. The third-order valence-electron chi connectivity index (χ3n) is 3.77. The molecule has 5 nitrogen and oxygen atoms in total. The van der Waals surface area contributed by atoms with Gasteiger partial charge in [0, 0.05) is 17.8 Å². The fraction of sp³-hybridized carbons (Fsp3) is 0.158. The highest BCUT2D eigenvalue weighted by atomic mass is 35.5. The summed E-state index contributed by atoms with van der Waals surface area (Å²) in [6.45, 7) is 0.736. The Kier molecular flexibility index (Phi) is 5.36. The standard InChI is InChI=1S/C19H18ClN3O2/c1-25-18-8-7-15(20)11-17(18)19(24)22-16-12-21-23(13-16)10-9-14-5-3-2-4-6-14/h2-8,11-13H,9-10H2,1H3,(H,22,24). The van der Waals surface area contributed by atoms with Crippen molar-refractivity contribution in [2.45, 2.75) is 13.0 Å². The van der Waals surface area contributed by atoms with Gasteiger partial charge in [0.1, 0.15) is 5.75 Å². The fourth-order valence-corrected chi connectivity index (χ4v) is 2.67. The number of halogens is 1. The van der Waals surface area contributed by atoms with Gasteiger partial charge >= 0.3 is 0 Å². The third-order valence-corrected chi connectivity index (χ3v) is 4.00. The van der Waals surface area contributed by atoms with Crippen LogP contribution in [0.5, 0.6) is 5.75 Å². The molecule has 25 heavy (non-hydrogen) atoms. The molecule has 6 heteroatoms. The highest BCUT2D eigenvalue weighted by Crippen LogP contribution is 2.23. The summed E-state index contributed by atoms with van der Waals surface area (Å²) < 4.78 is 7.02. The van der Waals surface area contributed by atoms with E-state index in [-0.39, 0.29) is 5.91 Å². The summed E-state index contributed by atoms with van der Waals surface area (Å²) in [6, 6.07) is 15.1. The van der Waals surface area contributed by atoms with Crippen LogP contribution in [-0.4, -0.2) is 22.8 Å². The fourth-order valence-electron chi connectivity index (χ4n) is 2.49. The number of hydrogen-bond acceptors (Lipinski definition) is 3. The smallest absolute Gasteiger partial charge is 0.259 e. The quantitative estimate of drug-likeness (QED) is 0.726. The van der Waals surface area contributed by atoms with Gasteiger partial charge in [-0.1, -0.05) is 41.9 Å². The van der Waals surface area contributed by atoms with E-state index in [0.717, 1.165) is 13.0 Å². The number of aryl methyl sites for hydroxylation is 2. The molecule has 0 saturated carbocycles. The number of carbonyl (C=O) groups excluding carboxylic acids is 1. The molecule has 3 rings (SSSR count). The first-order valence-electron chi connectivity index (χ1n) is 7.87. The molecule has 1 heterocycles. The summed E-state index contributed by atoms with van der Waals surface area (Å²) in [5.41, 5.74) is 2.25. The van der Waals surface area contributed by atoms with E-state index in [4.69, 9.17) is 16.3 Å². The van der Waals surface area contributed by atoms with Crippen molar-refractivity contribution in [2.75, 3.05) is 12.4 Å². The normalized spacial score (nSPS) is 10.5. The van der Waals surface area contributed by atoms with Gasteiger partial charge in [-0.2, -0.15) is 5.10 Å². The number of ether oxygens (including phenoxy) is 1. The van der Waals surface area contributed by atoms with Crippen molar-refractivity contribution in [3.05, 3.63) is 77.1 Å². The molecule has 0 aliphatic heterocycles. The van der Waals surface area contributed by atoms with Crippen LogP contribution in [0.25, 0.3) is 0 Å². The summed E-state index contributed by atoms with van der Waals surface area (Å²) in [6.07, 6.45) is 4.30. The van der Waals surface area contributed by atoms with E-state index in [1.54, 1.807) is 35.3 Å². The molecule has 0 radical (unpaired) electrons. The summed E-state index contributed by atoms with van der Waals surface area (Å²) in [4.78, 5) is 12.4. The second kappa shape index (κ2) is 7.85. The number of rotatable bonds is 6. The zero-order valence-corrected chi connectivity index (χ0v) is 14.5. The SMILES string of the molecule is COc1ccc(Cl)cc1C(=O)Nc1cnn(CCc2ccccc2)c1. The Labute approximate surface area is 151 Å². The van der Waals surface area contributed by atoms with Crippen molar-refractivity contribution in [3.63, 3.8) is 0 Å². The Balaban J connectivity index is 1.65. The predicted octanol–water partition coefficient (Wildman–Crippen LogP) is 4.04. The Hall–Kier alpha value is -2.79.